The summed E-state index contributed by atoms with van der Waals surface area (Å²) in [4.78, 5) is 33.0. The van der Waals surface area contributed by atoms with E-state index in [1.54, 1.807) is 12.1 Å². The summed E-state index contributed by atoms with van der Waals surface area (Å²) < 4.78 is 25.4. The van der Waals surface area contributed by atoms with Crippen molar-refractivity contribution in [1.82, 2.24) is 14.5 Å². The minimum absolute atomic E-state index is 0.0445. The smallest absolute Gasteiger partial charge is 0.254 e. The van der Waals surface area contributed by atoms with Gasteiger partial charge in [0.05, 0.1) is 22.2 Å². The zero-order valence-corrected chi connectivity index (χ0v) is 23.1. The lowest BCUT2D eigenvalue weighted by atomic mass is 9.63. The van der Waals surface area contributed by atoms with Crippen LogP contribution in [0.3, 0.4) is 0 Å². The minimum Gasteiger partial charge on any atom is -0.381 e. The number of carbonyl (C=O) groups is 2. The van der Waals surface area contributed by atoms with Gasteiger partial charge in [0.1, 0.15) is 21.3 Å². The number of carbonyl (C=O) groups excluding carboxylic acids is 2. The summed E-state index contributed by atoms with van der Waals surface area (Å²) in [6, 6.07) is 13.1. The number of aliphatic hydroxyl groups is 1. The molecule has 10 heteroatoms. The Bertz CT molecular complexity index is 1590. The first-order valence-corrected chi connectivity index (χ1v) is 14.9. The summed E-state index contributed by atoms with van der Waals surface area (Å²) >= 11 is 6.21. The molecule has 1 fully saturated rings. The summed E-state index contributed by atoms with van der Waals surface area (Å²) in [6.07, 6.45) is 3.76. The maximum absolute atomic E-state index is 14.0. The van der Waals surface area contributed by atoms with Crippen LogP contribution in [-0.2, 0) is 37.8 Å². The largest absolute Gasteiger partial charge is 0.381 e. The summed E-state index contributed by atoms with van der Waals surface area (Å²) in [5, 5.41) is 10.7. The van der Waals surface area contributed by atoms with Crippen LogP contribution in [0.1, 0.15) is 37.2 Å². The van der Waals surface area contributed by atoms with Gasteiger partial charge in [0.25, 0.3) is 5.91 Å². The van der Waals surface area contributed by atoms with Gasteiger partial charge in [-0.15, -0.1) is 0 Å². The third kappa shape index (κ3) is 4.79. The van der Waals surface area contributed by atoms with E-state index in [0.717, 1.165) is 16.6 Å². The van der Waals surface area contributed by atoms with Gasteiger partial charge in [-0.2, -0.15) is 0 Å². The second kappa shape index (κ2) is 9.32. The third-order valence-electron chi connectivity index (χ3n) is 7.30. The Hall–Kier alpha value is -3.01. The molecule has 1 aliphatic carbocycles. The van der Waals surface area contributed by atoms with Crippen molar-refractivity contribution in [3.05, 3.63) is 70.0 Å². The maximum atomic E-state index is 14.0. The van der Waals surface area contributed by atoms with Crippen molar-refractivity contribution in [3.8, 4) is 0 Å². The van der Waals surface area contributed by atoms with E-state index in [9.17, 15) is 23.1 Å². The Morgan fingerprint density at radius 3 is 2.58 bits per heavy atom. The van der Waals surface area contributed by atoms with E-state index in [1.165, 1.54) is 25.0 Å². The predicted molar refractivity (Wildman–Crippen MR) is 147 cm³/mol. The summed E-state index contributed by atoms with van der Waals surface area (Å²) in [7, 11) is -3.12. The van der Waals surface area contributed by atoms with E-state index in [4.69, 9.17) is 16.6 Å². The highest BCUT2D eigenvalue weighted by atomic mass is 35.5. The number of likely N-dealkylation sites (tertiary alicyclic amines) is 1. The standard InChI is InChI=1S/C28H30ClN3O5S/c1-27(2,35)26(34)31-16-28(17-31)21-8-5-4-7-18(21)13-19(25(28)33)14-24-30-22-15-20(29)9-10-23(22)32(24)11-6-12-38(3,36)37/h4-5,7-10,13,15,35H,6,11-12,14,16-17H2,1-3H3. The topological polar surface area (TPSA) is 110 Å². The second-order valence-corrected chi connectivity index (χ2v) is 13.6. The van der Waals surface area contributed by atoms with Crippen LogP contribution in [-0.4, -0.2) is 70.4 Å². The number of hydrogen-bond donors (Lipinski definition) is 1. The molecule has 1 saturated heterocycles. The average Bonchev–Trinajstić information content (AvgIpc) is 3.12. The van der Waals surface area contributed by atoms with E-state index in [2.05, 4.69) is 0 Å². The summed E-state index contributed by atoms with van der Waals surface area (Å²) in [6.45, 7) is 3.72. The maximum Gasteiger partial charge on any atom is 0.254 e. The molecule has 38 heavy (non-hydrogen) atoms. The Kier molecular flexibility index (Phi) is 6.52. The molecule has 3 aromatic rings. The molecule has 0 saturated carbocycles. The van der Waals surface area contributed by atoms with Gasteiger partial charge in [-0.05, 0) is 55.7 Å². The van der Waals surface area contributed by atoms with Gasteiger partial charge in [0.2, 0.25) is 0 Å². The molecular formula is C28H30ClN3O5S. The van der Waals surface area contributed by atoms with Crippen LogP contribution in [0.2, 0.25) is 5.02 Å². The quantitative estimate of drug-likeness (QED) is 0.479. The van der Waals surface area contributed by atoms with Crippen molar-refractivity contribution in [1.29, 1.82) is 0 Å². The number of sulfone groups is 1. The molecule has 1 aliphatic heterocycles. The van der Waals surface area contributed by atoms with Gasteiger partial charge in [-0.3, -0.25) is 9.59 Å². The number of rotatable bonds is 7. The fourth-order valence-corrected chi connectivity index (χ4v) is 6.34. The number of imidazole rings is 1. The lowest BCUT2D eigenvalue weighted by Crippen LogP contribution is -2.68. The van der Waals surface area contributed by atoms with Gasteiger partial charge in [-0.25, -0.2) is 13.4 Å². The van der Waals surface area contributed by atoms with E-state index >= 15 is 0 Å². The first-order valence-electron chi connectivity index (χ1n) is 12.5. The molecule has 0 bridgehead atoms. The summed E-state index contributed by atoms with van der Waals surface area (Å²) in [5.74, 6) is 0.217. The molecule has 2 heterocycles. The lowest BCUT2D eigenvalue weighted by Gasteiger charge is -2.52. The molecule has 1 spiro atoms. The lowest BCUT2D eigenvalue weighted by molar-refractivity contribution is -0.158. The van der Waals surface area contributed by atoms with Gasteiger partial charge in [0, 0.05) is 42.9 Å². The van der Waals surface area contributed by atoms with Crippen molar-refractivity contribution in [2.24, 2.45) is 0 Å². The Balaban J connectivity index is 1.50. The van der Waals surface area contributed by atoms with Crippen LogP contribution in [0.15, 0.2) is 48.0 Å². The normalized spacial score (nSPS) is 16.9. The van der Waals surface area contributed by atoms with Crippen molar-refractivity contribution >= 4 is 50.2 Å². The monoisotopic (exact) mass is 555 g/mol. The molecule has 5 rings (SSSR count). The number of ketones is 1. The molecule has 2 aromatic carbocycles. The second-order valence-electron chi connectivity index (χ2n) is 10.9. The molecule has 200 valence electrons. The van der Waals surface area contributed by atoms with Crippen molar-refractivity contribution in [2.45, 2.75) is 44.2 Å². The van der Waals surface area contributed by atoms with E-state index in [0.29, 0.717) is 34.9 Å². The Labute approximate surface area is 226 Å². The van der Waals surface area contributed by atoms with Gasteiger partial charge < -0.3 is 14.6 Å². The molecule has 1 amide bonds. The van der Waals surface area contributed by atoms with Crippen LogP contribution >= 0.6 is 11.6 Å². The molecule has 2 aliphatic rings. The number of benzene rings is 2. The van der Waals surface area contributed by atoms with Crippen molar-refractivity contribution in [2.75, 3.05) is 25.1 Å². The highest BCUT2D eigenvalue weighted by molar-refractivity contribution is 7.90. The molecule has 0 radical (unpaired) electrons. The Morgan fingerprint density at radius 1 is 1.18 bits per heavy atom. The highest BCUT2D eigenvalue weighted by Gasteiger charge is 2.56. The molecule has 1 N–H and O–H groups in total. The number of nitrogens with zero attached hydrogens (tertiary/aromatic N) is 3. The fraction of sp³-hybridized carbons (Fsp3) is 0.393. The van der Waals surface area contributed by atoms with Crippen molar-refractivity contribution in [3.63, 3.8) is 0 Å². The number of allylic oxidation sites excluding steroid dienone is 1. The van der Waals surface area contributed by atoms with Crippen molar-refractivity contribution < 1.29 is 23.1 Å². The number of aryl methyl sites for hydroxylation is 1. The number of hydrogen-bond acceptors (Lipinski definition) is 6. The molecule has 1 aromatic heterocycles. The minimum atomic E-state index is -3.12. The SMILES string of the molecule is CC(C)(O)C(=O)N1CC2(C1)C(=O)C(Cc1nc3cc(Cl)ccc3n1CCCS(C)(=O)=O)=Cc1ccccc12. The molecular weight excluding hydrogens is 526 g/mol. The van der Waals surface area contributed by atoms with Gasteiger partial charge in [0.15, 0.2) is 5.78 Å². The van der Waals surface area contributed by atoms with Crippen LogP contribution in [0, 0.1) is 0 Å². The third-order valence-corrected chi connectivity index (χ3v) is 8.56. The van der Waals surface area contributed by atoms with E-state index in [1.807, 2.05) is 41.0 Å². The number of amides is 1. The summed E-state index contributed by atoms with van der Waals surface area (Å²) in [5.41, 5.74) is 1.47. The van der Waals surface area contributed by atoms with E-state index < -0.39 is 26.8 Å². The highest BCUT2D eigenvalue weighted by Crippen LogP contribution is 2.44. The van der Waals surface area contributed by atoms with Gasteiger partial charge in [-0.1, -0.05) is 35.9 Å². The number of Topliss-reactive ketones (excluding diaryl/α,β-unsaturated/α-hetero) is 1. The van der Waals surface area contributed by atoms with E-state index in [-0.39, 0.29) is 31.0 Å². The predicted octanol–water partition coefficient (Wildman–Crippen LogP) is 3.18. The number of aromatic nitrogens is 2. The fourth-order valence-electron chi connectivity index (χ4n) is 5.52. The van der Waals surface area contributed by atoms with Gasteiger partial charge >= 0.3 is 0 Å². The first-order chi connectivity index (χ1) is 17.8. The number of fused-ring (bicyclic) bond motifs is 3. The van der Waals surface area contributed by atoms with Crippen LogP contribution in [0.25, 0.3) is 17.1 Å². The molecule has 0 atom stereocenters. The molecule has 0 unspecified atom stereocenters. The Morgan fingerprint density at radius 2 is 1.89 bits per heavy atom. The first kappa shape index (κ1) is 26.6. The average molecular weight is 556 g/mol. The van der Waals surface area contributed by atoms with Crippen LogP contribution < -0.4 is 0 Å². The zero-order valence-electron chi connectivity index (χ0n) is 21.6. The zero-order chi connectivity index (χ0) is 27.5. The van der Waals surface area contributed by atoms with Crippen LogP contribution in [0.4, 0.5) is 0 Å². The molecule has 8 nitrogen and oxygen atoms in total. The number of halogens is 1. The van der Waals surface area contributed by atoms with Crippen LogP contribution in [0.5, 0.6) is 0 Å².